The highest BCUT2D eigenvalue weighted by atomic mass is 15.3. The van der Waals surface area contributed by atoms with Crippen molar-refractivity contribution in [3.63, 3.8) is 0 Å². The number of nitrogens with one attached hydrogen (secondary N) is 1. The van der Waals surface area contributed by atoms with Crippen LogP contribution in [0.1, 0.15) is 6.92 Å². The quantitative estimate of drug-likeness (QED) is 0.880. The number of para-hydroxylation sites is 1. The Balaban J connectivity index is 2.28. The molecule has 0 radical (unpaired) electrons. The third-order valence-corrected chi connectivity index (χ3v) is 3.29. The Bertz CT molecular complexity index is 464. The first-order valence-electron chi connectivity index (χ1n) is 6.09. The van der Waals surface area contributed by atoms with E-state index >= 15 is 0 Å². The predicted octanol–water partition coefficient (Wildman–Crippen LogP) is 1.87. The molecule has 1 aromatic rings. The topological polar surface area (TPSA) is 30.9 Å². The van der Waals surface area contributed by atoms with Gasteiger partial charge in [-0.3, -0.25) is 5.32 Å². The van der Waals surface area contributed by atoms with Crippen LogP contribution in [-0.2, 0) is 0 Å². The van der Waals surface area contributed by atoms with E-state index in [-0.39, 0.29) is 6.17 Å². The Morgan fingerprint density at radius 1 is 1.28 bits per heavy atom. The van der Waals surface area contributed by atoms with Crippen molar-refractivity contribution in [3.05, 3.63) is 42.2 Å². The lowest BCUT2D eigenvalue weighted by molar-refractivity contribution is 0.371. The second-order valence-electron chi connectivity index (χ2n) is 4.42. The number of hydrogen-bond donors (Lipinski definition) is 1. The first-order chi connectivity index (χ1) is 8.63. The Morgan fingerprint density at radius 2 is 1.94 bits per heavy atom. The largest absolute Gasteiger partial charge is 0.344 e. The monoisotopic (exact) mass is 244 g/mol. The highest BCUT2D eigenvalue weighted by molar-refractivity contribution is 5.82. The summed E-state index contributed by atoms with van der Waals surface area (Å²) >= 11 is 0. The number of anilines is 1. The Hall–Kier alpha value is -1.81. The van der Waals surface area contributed by atoms with Gasteiger partial charge in [-0.1, -0.05) is 18.2 Å². The van der Waals surface area contributed by atoms with Crippen LogP contribution >= 0.6 is 0 Å². The van der Waals surface area contributed by atoms with Gasteiger partial charge >= 0.3 is 0 Å². The fourth-order valence-corrected chi connectivity index (χ4v) is 1.98. The number of rotatable bonds is 3. The van der Waals surface area contributed by atoms with Crippen LogP contribution in [0, 0.1) is 0 Å². The van der Waals surface area contributed by atoms with E-state index in [1.54, 1.807) is 0 Å². The van der Waals surface area contributed by atoms with Gasteiger partial charge in [0, 0.05) is 19.8 Å². The van der Waals surface area contributed by atoms with Crippen molar-refractivity contribution in [2.45, 2.75) is 13.1 Å². The molecule has 1 heterocycles. The van der Waals surface area contributed by atoms with E-state index in [4.69, 9.17) is 0 Å². The molecule has 0 saturated carbocycles. The maximum Gasteiger partial charge on any atom is 0.134 e. The molecular weight excluding hydrogens is 224 g/mol. The van der Waals surface area contributed by atoms with Gasteiger partial charge < -0.3 is 9.80 Å². The van der Waals surface area contributed by atoms with E-state index in [0.29, 0.717) is 0 Å². The molecular formula is C14H20N4. The molecule has 0 aromatic heterocycles. The molecule has 0 aliphatic carbocycles. The van der Waals surface area contributed by atoms with Gasteiger partial charge in [-0.05, 0) is 32.2 Å². The second kappa shape index (κ2) is 5.23. The van der Waals surface area contributed by atoms with Crippen molar-refractivity contribution in [3.8, 4) is 0 Å². The summed E-state index contributed by atoms with van der Waals surface area (Å²) in [5.41, 5.74) is 1.14. The molecule has 1 atom stereocenters. The maximum absolute atomic E-state index is 4.63. The zero-order valence-corrected chi connectivity index (χ0v) is 11.4. The van der Waals surface area contributed by atoms with Crippen LogP contribution in [0.25, 0.3) is 0 Å². The number of aliphatic imine (C=N–C) groups is 1. The predicted molar refractivity (Wildman–Crippen MR) is 76.6 cm³/mol. The van der Waals surface area contributed by atoms with E-state index in [0.717, 1.165) is 17.3 Å². The van der Waals surface area contributed by atoms with Crippen LogP contribution in [0.5, 0.6) is 0 Å². The molecule has 0 saturated heterocycles. The van der Waals surface area contributed by atoms with E-state index in [1.807, 2.05) is 46.3 Å². The lowest BCUT2D eigenvalue weighted by Gasteiger charge is -2.33. The van der Waals surface area contributed by atoms with Gasteiger partial charge in [-0.25, -0.2) is 4.99 Å². The molecule has 1 N–H and O–H groups in total. The lowest BCUT2D eigenvalue weighted by atomic mass is 10.2. The molecule has 1 aromatic carbocycles. The summed E-state index contributed by atoms with van der Waals surface area (Å²) in [6.45, 7) is 2.02. The summed E-state index contributed by atoms with van der Waals surface area (Å²) in [4.78, 5) is 8.84. The Kier molecular flexibility index (Phi) is 3.67. The maximum atomic E-state index is 4.63. The van der Waals surface area contributed by atoms with Gasteiger partial charge in [0.05, 0.1) is 0 Å². The van der Waals surface area contributed by atoms with E-state index in [9.17, 15) is 0 Å². The average Bonchev–Trinajstić information content (AvgIpc) is 2.42. The fraction of sp³-hybridized carbons (Fsp3) is 0.357. The number of amidine groups is 1. The van der Waals surface area contributed by atoms with Crippen LogP contribution in [0.4, 0.5) is 5.69 Å². The molecule has 1 aliphatic rings. The Morgan fingerprint density at radius 3 is 2.56 bits per heavy atom. The summed E-state index contributed by atoms with van der Waals surface area (Å²) in [6.07, 6.45) is 2.31. The molecule has 1 aliphatic heterocycles. The van der Waals surface area contributed by atoms with Crippen LogP contribution in [0.2, 0.25) is 0 Å². The third kappa shape index (κ3) is 2.38. The van der Waals surface area contributed by atoms with Crippen molar-refractivity contribution in [1.29, 1.82) is 0 Å². The molecule has 2 rings (SSSR count). The number of nitrogens with zero attached hydrogens (tertiary/aromatic N) is 3. The molecule has 18 heavy (non-hydrogen) atoms. The molecule has 0 fully saturated rings. The molecule has 0 bridgehead atoms. The molecule has 0 amide bonds. The second-order valence-corrected chi connectivity index (χ2v) is 4.42. The summed E-state index contributed by atoms with van der Waals surface area (Å²) in [5.74, 6) is 1.98. The number of likely N-dealkylation sites (N-methyl/N-ethyl adjacent to an activating group) is 2. The van der Waals surface area contributed by atoms with Gasteiger partial charge in [-0.2, -0.15) is 0 Å². The van der Waals surface area contributed by atoms with Gasteiger partial charge in [0.2, 0.25) is 0 Å². The highest BCUT2D eigenvalue weighted by Gasteiger charge is 2.19. The minimum Gasteiger partial charge on any atom is -0.344 e. The number of benzene rings is 1. The summed E-state index contributed by atoms with van der Waals surface area (Å²) in [5, 5.41) is 3.26. The first kappa shape index (κ1) is 12.6. The minimum absolute atomic E-state index is 0.184. The van der Waals surface area contributed by atoms with E-state index in [2.05, 4.69) is 38.3 Å². The van der Waals surface area contributed by atoms with Crippen LogP contribution < -0.4 is 10.2 Å². The normalized spacial score (nSPS) is 19.3. The van der Waals surface area contributed by atoms with Crippen molar-refractivity contribution < 1.29 is 0 Å². The number of hydrogen-bond acceptors (Lipinski definition) is 4. The van der Waals surface area contributed by atoms with E-state index in [1.165, 1.54) is 0 Å². The zero-order chi connectivity index (χ0) is 13.1. The van der Waals surface area contributed by atoms with Crippen molar-refractivity contribution >= 4 is 11.5 Å². The minimum atomic E-state index is 0.184. The molecule has 1 unspecified atom stereocenters. The fourth-order valence-electron chi connectivity index (χ4n) is 1.98. The summed E-state index contributed by atoms with van der Waals surface area (Å²) in [7, 11) is 6.03. The lowest BCUT2D eigenvalue weighted by Crippen LogP contribution is -2.46. The van der Waals surface area contributed by atoms with Gasteiger partial charge in [0.15, 0.2) is 0 Å². The van der Waals surface area contributed by atoms with E-state index < -0.39 is 0 Å². The van der Waals surface area contributed by atoms with Crippen molar-refractivity contribution in [2.24, 2.45) is 4.99 Å². The first-order valence-corrected chi connectivity index (χ1v) is 6.09. The SMILES string of the molecule is CNC1C=C(N(C)c2ccccc2)N=C(C)N1C. The zero-order valence-electron chi connectivity index (χ0n) is 11.4. The Labute approximate surface area is 109 Å². The van der Waals surface area contributed by atoms with Crippen molar-refractivity contribution in [2.75, 3.05) is 26.0 Å². The van der Waals surface area contributed by atoms with Gasteiger partial charge in [-0.15, -0.1) is 0 Å². The van der Waals surface area contributed by atoms with Crippen LogP contribution in [0.15, 0.2) is 47.2 Å². The van der Waals surface area contributed by atoms with Crippen LogP contribution in [0.3, 0.4) is 0 Å². The molecule has 4 nitrogen and oxygen atoms in total. The van der Waals surface area contributed by atoms with Gasteiger partial charge in [0.1, 0.15) is 17.8 Å². The molecule has 96 valence electrons. The van der Waals surface area contributed by atoms with Crippen LogP contribution in [-0.4, -0.2) is 38.0 Å². The molecule has 0 spiro atoms. The standard InChI is InChI=1S/C14H20N4/c1-11-16-14(10-13(15-2)17(11)3)18(4)12-8-6-5-7-9-12/h5-10,13,15H,1-4H3. The van der Waals surface area contributed by atoms with Crippen molar-refractivity contribution in [1.82, 2.24) is 10.2 Å². The average molecular weight is 244 g/mol. The third-order valence-electron chi connectivity index (χ3n) is 3.29. The smallest absolute Gasteiger partial charge is 0.134 e. The highest BCUT2D eigenvalue weighted by Crippen LogP contribution is 2.20. The van der Waals surface area contributed by atoms with Gasteiger partial charge in [0.25, 0.3) is 0 Å². The molecule has 4 heteroatoms. The summed E-state index contributed by atoms with van der Waals surface area (Å²) < 4.78 is 0. The summed E-state index contributed by atoms with van der Waals surface area (Å²) in [6, 6.07) is 10.3.